The number of para-hydroxylation sites is 2. The zero-order valence-electron chi connectivity index (χ0n) is 14.6. The zero-order chi connectivity index (χ0) is 19.9. The molecule has 0 saturated heterocycles. The molecule has 1 aromatic heterocycles. The minimum absolute atomic E-state index is 0.270. The largest absolute Gasteiger partial charge is 0.573 e. The molecule has 3 aromatic carbocycles. The first kappa shape index (κ1) is 18.1. The second-order valence-electron chi connectivity index (χ2n) is 6.12. The maximum Gasteiger partial charge on any atom is 0.573 e. The molecule has 28 heavy (non-hydrogen) atoms. The Kier molecular flexibility index (Phi) is 4.36. The number of hydrogen-bond donors (Lipinski definition) is 0. The lowest BCUT2D eigenvalue weighted by atomic mass is 10.1. The lowest BCUT2D eigenvalue weighted by Crippen LogP contribution is -2.19. The Labute approximate surface area is 162 Å². The highest BCUT2D eigenvalue weighted by atomic mass is 32.1. The van der Waals surface area contributed by atoms with Gasteiger partial charge in [-0.05, 0) is 24.3 Å². The van der Waals surface area contributed by atoms with Gasteiger partial charge in [-0.2, -0.15) is 5.26 Å². The summed E-state index contributed by atoms with van der Waals surface area (Å²) in [7, 11) is 1.70. The van der Waals surface area contributed by atoms with Gasteiger partial charge in [0.15, 0.2) is 5.75 Å². The summed E-state index contributed by atoms with van der Waals surface area (Å²) in [4.78, 5) is 1.67. The van der Waals surface area contributed by atoms with Crippen LogP contribution in [0.5, 0.6) is 5.75 Å². The predicted octanol–water partition coefficient (Wildman–Crippen LogP) is 6.59. The molecule has 140 valence electrons. The summed E-state index contributed by atoms with van der Waals surface area (Å²) in [6.45, 7) is 0. The molecule has 4 rings (SSSR count). The van der Waals surface area contributed by atoms with Crippen molar-refractivity contribution in [2.24, 2.45) is 0 Å². The topological polar surface area (TPSA) is 36.3 Å². The molecule has 7 heteroatoms. The minimum Gasteiger partial charge on any atom is -0.404 e. The lowest BCUT2D eigenvalue weighted by Gasteiger charge is -2.23. The van der Waals surface area contributed by atoms with Crippen molar-refractivity contribution >= 4 is 42.9 Å². The van der Waals surface area contributed by atoms with Crippen molar-refractivity contribution in [2.75, 3.05) is 11.9 Å². The highest BCUT2D eigenvalue weighted by Crippen LogP contribution is 2.44. The van der Waals surface area contributed by atoms with Gasteiger partial charge in [-0.15, -0.1) is 24.5 Å². The number of thiophene rings is 1. The van der Waals surface area contributed by atoms with E-state index in [0.29, 0.717) is 11.3 Å². The molecule has 0 spiro atoms. The number of anilines is 2. The van der Waals surface area contributed by atoms with Crippen LogP contribution in [0.4, 0.5) is 24.5 Å². The minimum atomic E-state index is -4.78. The molecule has 4 aromatic rings. The highest BCUT2D eigenvalue weighted by molar-refractivity contribution is 7.26. The van der Waals surface area contributed by atoms with E-state index in [2.05, 4.69) is 10.8 Å². The van der Waals surface area contributed by atoms with E-state index in [9.17, 15) is 18.4 Å². The average molecular weight is 398 g/mol. The molecule has 0 bridgehead atoms. The van der Waals surface area contributed by atoms with Gasteiger partial charge in [0.2, 0.25) is 0 Å². The van der Waals surface area contributed by atoms with E-state index in [1.807, 2.05) is 30.3 Å². The number of ether oxygens (including phenoxy) is 1. The Morgan fingerprint density at radius 2 is 1.54 bits per heavy atom. The Morgan fingerprint density at radius 1 is 0.893 bits per heavy atom. The number of rotatable bonds is 3. The number of hydrogen-bond acceptors (Lipinski definition) is 4. The Balaban J connectivity index is 1.90. The number of nitriles is 1. The van der Waals surface area contributed by atoms with E-state index in [4.69, 9.17) is 0 Å². The summed E-state index contributed by atoms with van der Waals surface area (Å²) in [5.74, 6) is -0.270. The number of fused-ring (bicyclic) bond motifs is 3. The molecular weight excluding hydrogens is 385 g/mol. The maximum absolute atomic E-state index is 12.8. The van der Waals surface area contributed by atoms with E-state index in [1.165, 1.54) is 23.5 Å². The van der Waals surface area contributed by atoms with E-state index in [0.717, 1.165) is 25.9 Å². The van der Waals surface area contributed by atoms with Crippen LogP contribution in [0.1, 0.15) is 5.56 Å². The average Bonchev–Trinajstić information content (AvgIpc) is 3.05. The van der Waals surface area contributed by atoms with Gasteiger partial charge in [0, 0.05) is 17.8 Å². The van der Waals surface area contributed by atoms with Crippen LogP contribution in [-0.4, -0.2) is 13.4 Å². The van der Waals surface area contributed by atoms with Crippen LogP contribution in [0.3, 0.4) is 0 Å². The van der Waals surface area contributed by atoms with E-state index >= 15 is 0 Å². The molecule has 0 N–H and O–H groups in total. The molecule has 0 unspecified atom stereocenters. The van der Waals surface area contributed by atoms with Crippen LogP contribution >= 0.6 is 11.3 Å². The number of halogens is 3. The molecule has 0 fully saturated rings. The summed E-state index contributed by atoms with van der Waals surface area (Å²) in [5, 5.41) is 11.3. The Morgan fingerprint density at radius 3 is 2.25 bits per heavy atom. The fourth-order valence-electron chi connectivity index (χ4n) is 3.23. The summed E-state index contributed by atoms with van der Waals surface area (Å²) in [6, 6.07) is 19.4. The van der Waals surface area contributed by atoms with Crippen LogP contribution in [-0.2, 0) is 0 Å². The van der Waals surface area contributed by atoms with Crippen molar-refractivity contribution in [1.29, 1.82) is 5.26 Å². The summed E-state index contributed by atoms with van der Waals surface area (Å²) < 4.78 is 44.3. The smallest absolute Gasteiger partial charge is 0.404 e. The first-order chi connectivity index (χ1) is 13.4. The third-order valence-electron chi connectivity index (χ3n) is 4.44. The van der Waals surface area contributed by atoms with Gasteiger partial charge in [-0.25, -0.2) is 0 Å². The Hall–Kier alpha value is -3.24. The SMILES string of the molecule is CN(c1ccccc1OC(F)(F)F)c1cccc2c1sc1c(C#N)cccc12. The van der Waals surface area contributed by atoms with Crippen molar-refractivity contribution in [1.82, 2.24) is 0 Å². The number of benzene rings is 3. The van der Waals surface area contributed by atoms with Gasteiger partial charge >= 0.3 is 6.36 Å². The molecule has 0 aliphatic rings. The van der Waals surface area contributed by atoms with Crippen LogP contribution in [0, 0.1) is 11.3 Å². The van der Waals surface area contributed by atoms with Crippen LogP contribution in [0.2, 0.25) is 0 Å². The highest BCUT2D eigenvalue weighted by Gasteiger charge is 2.32. The normalized spacial score (nSPS) is 11.5. The molecule has 0 aliphatic heterocycles. The molecule has 1 heterocycles. The molecule has 0 amide bonds. The first-order valence-electron chi connectivity index (χ1n) is 8.32. The monoisotopic (exact) mass is 398 g/mol. The Bertz CT molecular complexity index is 1220. The van der Waals surface area contributed by atoms with E-state index in [-0.39, 0.29) is 5.75 Å². The molecule has 0 radical (unpaired) electrons. The van der Waals surface area contributed by atoms with Crippen LogP contribution < -0.4 is 9.64 Å². The summed E-state index contributed by atoms with van der Waals surface area (Å²) in [6.07, 6.45) is -4.78. The number of alkyl halides is 3. The van der Waals surface area contributed by atoms with Gasteiger partial charge < -0.3 is 9.64 Å². The van der Waals surface area contributed by atoms with Crippen molar-refractivity contribution < 1.29 is 17.9 Å². The summed E-state index contributed by atoms with van der Waals surface area (Å²) in [5.41, 5.74) is 1.61. The fourth-order valence-corrected chi connectivity index (χ4v) is 4.55. The van der Waals surface area contributed by atoms with Crippen molar-refractivity contribution in [2.45, 2.75) is 6.36 Å². The second kappa shape index (κ2) is 6.73. The quantitative estimate of drug-likeness (QED) is 0.390. The van der Waals surface area contributed by atoms with E-state index in [1.54, 1.807) is 30.1 Å². The van der Waals surface area contributed by atoms with E-state index < -0.39 is 6.36 Å². The summed E-state index contributed by atoms with van der Waals surface area (Å²) >= 11 is 1.45. The van der Waals surface area contributed by atoms with Gasteiger partial charge in [-0.3, -0.25) is 0 Å². The van der Waals surface area contributed by atoms with Crippen molar-refractivity contribution in [3.63, 3.8) is 0 Å². The molecule has 3 nitrogen and oxygen atoms in total. The molecule has 0 atom stereocenters. The fraction of sp³-hybridized carbons (Fsp3) is 0.0952. The standard InChI is InChI=1S/C21H13F3N2OS/c1-26(16-9-2-3-11-18(16)27-21(22,23)24)17-10-5-8-15-14-7-4-6-13(12-25)19(14)28-20(15)17/h2-11H,1H3. The number of nitrogens with zero attached hydrogens (tertiary/aromatic N) is 2. The maximum atomic E-state index is 12.8. The van der Waals surface area contributed by atoms with Gasteiger partial charge in [0.05, 0.1) is 26.3 Å². The first-order valence-corrected chi connectivity index (χ1v) is 9.13. The van der Waals surface area contributed by atoms with Crippen molar-refractivity contribution in [3.05, 3.63) is 66.2 Å². The zero-order valence-corrected chi connectivity index (χ0v) is 15.4. The third kappa shape index (κ3) is 3.12. The van der Waals surface area contributed by atoms with Crippen molar-refractivity contribution in [3.8, 4) is 11.8 Å². The van der Waals surface area contributed by atoms with Crippen LogP contribution in [0.15, 0.2) is 60.7 Å². The van der Waals surface area contributed by atoms with Gasteiger partial charge in [-0.1, -0.05) is 36.4 Å². The lowest BCUT2D eigenvalue weighted by molar-refractivity contribution is -0.274. The van der Waals surface area contributed by atoms with Gasteiger partial charge in [0.1, 0.15) is 6.07 Å². The third-order valence-corrected chi connectivity index (χ3v) is 5.71. The second-order valence-corrected chi connectivity index (χ2v) is 7.15. The van der Waals surface area contributed by atoms with Crippen LogP contribution in [0.25, 0.3) is 20.2 Å². The molecule has 0 saturated carbocycles. The van der Waals surface area contributed by atoms with Gasteiger partial charge in [0.25, 0.3) is 0 Å². The molecule has 0 aliphatic carbocycles. The predicted molar refractivity (Wildman–Crippen MR) is 105 cm³/mol. The molecular formula is C21H13F3N2OS.